The number of hydrogen-bond acceptors (Lipinski definition) is 2. The molecule has 3 N–H and O–H groups in total. The molecule has 3 nitrogen and oxygen atoms in total. The number of amides is 1. The van der Waals surface area contributed by atoms with Gasteiger partial charge < -0.3 is 11.1 Å². The molecule has 0 saturated heterocycles. The second-order valence-corrected chi connectivity index (χ2v) is 3.86. The van der Waals surface area contributed by atoms with Crippen LogP contribution in [0.4, 0.5) is 0 Å². The van der Waals surface area contributed by atoms with E-state index in [4.69, 9.17) is 5.73 Å². The summed E-state index contributed by atoms with van der Waals surface area (Å²) in [5.41, 5.74) is 5.81. The molecule has 0 aromatic rings. The molecule has 3 atom stereocenters. The van der Waals surface area contributed by atoms with E-state index >= 15 is 0 Å². The van der Waals surface area contributed by atoms with Gasteiger partial charge in [0.1, 0.15) is 0 Å². The van der Waals surface area contributed by atoms with Gasteiger partial charge in [-0.05, 0) is 25.2 Å². The van der Waals surface area contributed by atoms with Gasteiger partial charge in [-0.3, -0.25) is 4.79 Å². The first-order chi connectivity index (χ1) is 5.59. The highest BCUT2D eigenvalue weighted by atomic mass is 16.1. The summed E-state index contributed by atoms with van der Waals surface area (Å²) in [6.07, 6.45) is 3.16. The molecule has 0 aromatic heterocycles. The first kappa shape index (κ1) is 9.52. The normalized spacial score (nSPS) is 36.1. The summed E-state index contributed by atoms with van der Waals surface area (Å²) < 4.78 is 0. The Bertz CT molecular complexity index is 170. The van der Waals surface area contributed by atoms with Crippen molar-refractivity contribution >= 4 is 5.91 Å². The van der Waals surface area contributed by atoms with Crippen molar-refractivity contribution in [2.75, 3.05) is 0 Å². The molecule has 0 aromatic carbocycles. The molecule has 1 fully saturated rings. The maximum atomic E-state index is 10.8. The van der Waals surface area contributed by atoms with Gasteiger partial charge in [-0.1, -0.05) is 6.92 Å². The molecular formula is C9H18N2O. The minimum absolute atomic E-state index is 0.0564. The van der Waals surface area contributed by atoms with Gasteiger partial charge in [0.2, 0.25) is 5.91 Å². The summed E-state index contributed by atoms with van der Waals surface area (Å²) >= 11 is 0. The van der Waals surface area contributed by atoms with Crippen molar-refractivity contribution in [3.63, 3.8) is 0 Å². The van der Waals surface area contributed by atoms with Crippen molar-refractivity contribution in [2.45, 2.75) is 45.2 Å². The Morgan fingerprint density at radius 3 is 2.75 bits per heavy atom. The van der Waals surface area contributed by atoms with Crippen LogP contribution in [-0.2, 0) is 4.79 Å². The van der Waals surface area contributed by atoms with Crippen LogP contribution >= 0.6 is 0 Å². The number of hydrogen-bond donors (Lipinski definition) is 2. The molecule has 1 saturated carbocycles. The van der Waals surface area contributed by atoms with Crippen LogP contribution in [0.5, 0.6) is 0 Å². The summed E-state index contributed by atoms with van der Waals surface area (Å²) in [6, 6.07) is 0.573. The Morgan fingerprint density at radius 2 is 2.17 bits per heavy atom. The van der Waals surface area contributed by atoms with Crippen molar-refractivity contribution in [3.05, 3.63) is 0 Å². The van der Waals surface area contributed by atoms with E-state index in [-0.39, 0.29) is 11.9 Å². The van der Waals surface area contributed by atoms with Crippen LogP contribution < -0.4 is 11.1 Å². The third-order valence-corrected chi connectivity index (χ3v) is 2.63. The van der Waals surface area contributed by atoms with Crippen molar-refractivity contribution in [1.29, 1.82) is 0 Å². The van der Waals surface area contributed by atoms with Crippen molar-refractivity contribution in [2.24, 2.45) is 11.7 Å². The highest BCUT2D eigenvalue weighted by Gasteiger charge is 2.25. The van der Waals surface area contributed by atoms with Gasteiger partial charge in [0.25, 0.3) is 0 Å². The fraction of sp³-hybridized carbons (Fsp3) is 0.889. The van der Waals surface area contributed by atoms with Gasteiger partial charge in [0.05, 0.1) is 0 Å². The Labute approximate surface area is 73.7 Å². The molecule has 0 spiro atoms. The first-order valence-corrected chi connectivity index (χ1v) is 4.62. The van der Waals surface area contributed by atoms with E-state index < -0.39 is 0 Å². The lowest BCUT2D eigenvalue weighted by atomic mass is 9.83. The standard InChI is InChI=1S/C9H18N2O/c1-6-3-4-8(10)5-9(6)11-7(2)12/h6,8-9H,3-5,10H2,1-2H3,(H,11,12). The molecular weight excluding hydrogens is 152 g/mol. The van der Waals surface area contributed by atoms with Gasteiger partial charge in [-0.15, -0.1) is 0 Å². The summed E-state index contributed by atoms with van der Waals surface area (Å²) in [6.45, 7) is 3.74. The monoisotopic (exact) mass is 170 g/mol. The topological polar surface area (TPSA) is 55.1 Å². The molecule has 12 heavy (non-hydrogen) atoms. The smallest absolute Gasteiger partial charge is 0.217 e. The second-order valence-electron chi connectivity index (χ2n) is 3.86. The van der Waals surface area contributed by atoms with Crippen LogP contribution in [-0.4, -0.2) is 18.0 Å². The molecule has 3 unspecified atom stereocenters. The molecule has 1 aliphatic carbocycles. The number of carbonyl (C=O) groups excluding carboxylic acids is 1. The SMILES string of the molecule is CC(=O)NC1CC(N)CCC1C. The largest absolute Gasteiger partial charge is 0.353 e. The molecule has 1 aliphatic rings. The Kier molecular flexibility index (Phi) is 3.09. The fourth-order valence-electron chi connectivity index (χ4n) is 1.82. The Morgan fingerprint density at radius 1 is 1.50 bits per heavy atom. The van der Waals surface area contributed by atoms with E-state index in [1.54, 1.807) is 6.92 Å². The van der Waals surface area contributed by atoms with E-state index in [0.717, 1.165) is 19.3 Å². The zero-order valence-electron chi connectivity index (χ0n) is 7.84. The van der Waals surface area contributed by atoms with E-state index in [9.17, 15) is 4.79 Å². The summed E-state index contributed by atoms with van der Waals surface area (Å²) in [4.78, 5) is 10.8. The Balaban J connectivity index is 2.43. The van der Waals surface area contributed by atoms with Crippen molar-refractivity contribution in [1.82, 2.24) is 5.32 Å². The summed E-state index contributed by atoms with van der Waals surface area (Å²) in [5, 5.41) is 2.94. The van der Waals surface area contributed by atoms with Gasteiger partial charge in [-0.2, -0.15) is 0 Å². The van der Waals surface area contributed by atoms with Gasteiger partial charge in [0, 0.05) is 19.0 Å². The maximum Gasteiger partial charge on any atom is 0.217 e. The molecule has 0 bridgehead atoms. The van der Waals surface area contributed by atoms with Crippen LogP contribution in [0.1, 0.15) is 33.1 Å². The minimum atomic E-state index is 0.0564. The van der Waals surface area contributed by atoms with Crippen LogP contribution in [0.3, 0.4) is 0 Å². The quantitative estimate of drug-likeness (QED) is 0.606. The number of carbonyl (C=O) groups is 1. The summed E-state index contributed by atoms with van der Waals surface area (Å²) in [5.74, 6) is 0.634. The van der Waals surface area contributed by atoms with E-state index in [1.807, 2.05) is 0 Å². The van der Waals surface area contributed by atoms with Crippen LogP contribution in [0, 0.1) is 5.92 Å². The lowest BCUT2D eigenvalue weighted by Gasteiger charge is -2.32. The van der Waals surface area contributed by atoms with Crippen LogP contribution in [0.15, 0.2) is 0 Å². The minimum Gasteiger partial charge on any atom is -0.353 e. The predicted molar refractivity (Wildman–Crippen MR) is 48.6 cm³/mol. The molecule has 1 rings (SSSR count). The van der Waals surface area contributed by atoms with E-state index in [1.165, 1.54) is 0 Å². The third kappa shape index (κ3) is 2.48. The van der Waals surface area contributed by atoms with Crippen molar-refractivity contribution < 1.29 is 4.79 Å². The zero-order valence-corrected chi connectivity index (χ0v) is 7.84. The lowest BCUT2D eigenvalue weighted by molar-refractivity contribution is -0.120. The van der Waals surface area contributed by atoms with E-state index in [2.05, 4.69) is 12.2 Å². The molecule has 0 aliphatic heterocycles. The lowest BCUT2D eigenvalue weighted by Crippen LogP contribution is -2.45. The number of nitrogens with two attached hydrogens (primary N) is 1. The molecule has 70 valence electrons. The van der Waals surface area contributed by atoms with E-state index in [0.29, 0.717) is 12.0 Å². The maximum absolute atomic E-state index is 10.8. The van der Waals surface area contributed by atoms with Crippen molar-refractivity contribution in [3.8, 4) is 0 Å². The van der Waals surface area contributed by atoms with Gasteiger partial charge in [0.15, 0.2) is 0 Å². The number of rotatable bonds is 1. The Hall–Kier alpha value is -0.570. The van der Waals surface area contributed by atoms with Gasteiger partial charge in [-0.25, -0.2) is 0 Å². The predicted octanol–water partition coefficient (Wildman–Crippen LogP) is 0.638. The summed E-state index contributed by atoms with van der Waals surface area (Å²) in [7, 11) is 0. The highest BCUT2D eigenvalue weighted by molar-refractivity contribution is 5.73. The molecule has 0 heterocycles. The molecule has 1 amide bonds. The molecule has 0 radical (unpaired) electrons. The molecule has 3 heteroatoms. The zero-order chi connectivity index (χ0) is 9.14. The fourth-order valence-corrected chi connectivity index (χ4v) is 1.82. The second kappa shape index (κ2) is 3.90. The number of nitrogens with one attached hydrogen (secondary N) is 1. The van der Waals surface area contributed by atoms with Crippen LogP contribution in [0.2, 0.25) is 0 Å². The average molecular weight is 170 g/mol. The van der Waals surface area contributed by atoms with Gasteiger partial charge >= 0.3 is 0 Å². The van der Waals surface area contributed by atoms with Crippen LogP contribution in [0.25, 0.3) is 0 Å². The highest BCUT2D eigenvalue weighted by Crippen LogP contribution is 2.22. The third-order valence-electron chi connectivity index (χ3n) is 2.63. The first-order valence-electron chi connectivity index (χ1n) is 4.62. The average Bonchev–Trinajstić information content (AvgIpc) is 1.96.